The van der Waals surface area contributed by atoms with E-state index in [0.29, 0.717) is 50.4 Å². The minimum Gasteiger partial charge on any atom is -0.354 e. The van der Waals surface area contributed by atoms with Crippen LogP contribution in [0.15, 0.2) is 24.3 Å². The number of amides is 3. The molecular formula is C23H35N3O3. The molecule has 3 amide bonds. The van der Waals surface area contributed by atoms with Gasteiger partial charge in [0, 0.05) is 31.6 Å². The summed E-state index contributed by atoms with van der Waals surface area (Å²) in [5, 5.41) is 5.90. The van der Waals surface area contributed by atoms with Gasteiger partial charge >= 0.3 is 0 Å². The van der Waals surface area contributed by atoms with E-state index in [1.807, 2.05) is 50.8 Å². The van der Waals surface area contributed by atoms with Gasteiger partial charge in [-0.1, -0.05) is 39.0 Å². The van der Waals surface area contributed by atoms with Gasteiger partial charge in [0.25, 0.3) is 5.91 Å². The van der Waals surface area contributed by atoms with Crippen molar-refractivity contribution >= 4 is 17.7 Å². The number of likely N-dealkylation sites (tertiary alicyclic amines) is 1. The number of aryl methyl sites for hydroxylation is 1. The lowest BCUT2D eigenvalue weighted by Gasteiger charge is -2.36. The van der Waals surface area contributed by atoms with Crippen molar-refractivity contribution < 1.29 is 14.4 Å². The van der Waals surface area contributed by atoms with Gasteiger partial charge in [-0.2, -0.15) is 0 Å². The highest BCUT2D eigenvalue weighted by Gasteiger charge is 2.34. The summed E-state index contributed by atoms with van der Waals surface area (Å²) >= 11 is 0. The van der Waals surface area contributed by atoms with E-state index in [0.717, 1.165) is 12.0 Å². The molecule has 1 aromatic carbocycles. The zero-order valence-corrected chi connectivity index (χ0v) is 18.2. The van der Waals surface area contributed by atoms with Crippen LogP contribution < -0.4 is 10.6 Å². The maximum Gasteiger partial charge on any atom is 0.252 e. The SMILES string of the molecule is CCCNC(=O)[C@H](NC(=O)c1ccccc1C)C1CCN(C(=O)CC(C)C)CC1. The normalized spacial score (nSPS) is 15.8. The Morgan fingerprint density at radius 1 is 1.14 bits per heavy atom. The Morgan fingerprint density at radius 2 is 1.79 bits per heavy atom. The molecule has 1 heterocycles. The molecule has 0 saturated carbocycles. The summed E-state index contributed by atoms with van der Waals surface area (Å²) in [6.45, 7) is 9.82. The van der Waals surface area contributed by atoms with Gasteiger partial charge in [-0.15, -0.1) is 0 Å². The van der Waals surface area contributed by atoms with Crippen LogP contribution in [0, 0.1) is 18.8 Å². The fourth-order valence-corrected chi connectivity index (χ4v) is 3.76. The molecule has 0 spiro atoms. The number of hydrogen-bond acceptors (Lipinski definition) is 3. The molecule has 0 bridgehead atoms. The average Bonchev–Trinajstić information content (AvgIpc) is 2.70. The fourth-order valence-electron chi connectivity index (χ4n) is 3.76. The number of piperidine rings is 1. The Hall–Kier alpha value is -2.37. The number of nitrogens with zero attached hydrogens (tertiary/aromatic N) is 1. The Kier molecular flexibility index (Phi) is 8.68. The van der Waals surface area contributed by atoms with E-state index in [1.54, 1.807) is 6.07 Å². The summed E-state index contributed by atoms with van der Waals surface area (Å²) < 4.78 is 0. The topological polar surface area (TPSA) is 78.5 Å². The van der Waals surface area contributed by atoms with Crippen molar-refractivity contribution in [2.45, 2.75) is 59.4 Å². The third-order valence-corrected chi connectivity index (χ3v) is 5.45. The van der Waals surface area contributed by atoms with Crippen LogP contribution in [0.1, 0.15) is 62.4 Å². The molecule has 2 rings (SSSR count). The number of benzene rings is 1. The van der Waals surface area contributed by atoms with Crippen LogP contribution in [-0.2, 0) is 9.59 Å². The highest BCUT2D eigenvalue weighted by molar-refractivity contribution is 5.98. The van der Waals surface area contributed by atoms with E-state index >= 15 is 0 Å². The van der Waals surface area contributed by atoms with Crippen LogP contribution >= 0.6 is 0 Å². The Morgan fingerprint density at radius 3 is 2.38 bits per heavy atom. The van der Waals surface area contributed by atoms with E-state index in [-0.39, 0.29) is 23.6 Å². The second-order valence-electron chi connectivity index (χ2n) is 8.37. The van der Waals surface area contributed by atoms with Crippen molar-refractivity contribution in [2.75, 3.05) is 19.6 Å². The van der Waals surface area contributed by atoms with Gasteiger partial charge in [-0.05, 0) is 49.7 Å². The number of carbonyl (C=O) groups excluding carboxylic acids is 3. The molecule has 29 heavy (non-hydrogen) atoms. The van der Waals surface area contributed by atoms with Gasteiger partial charge in [0.15, 0.2) is 0 Å². The number of rotatable bonds is 8. The van der Waals surface area contributed by atoms with Crippen LogP contribution in [0.3, 0.4) is 0 Å². The van der Waals surface area contributed by atoms with Crippen molar-refractivity contribution in [1.29, 1.82) is 0 Å². The quantitative estimate of drug-likeness (QED) is 0.703. The first kappa shape index (κ1) is 22.9. The minimum atomic E-state index is -0.587. The Balaban J connectivity index is 2.07. The molecule has 1 aromatic rings. The molecule has 6 nitrogen and oxygen atoms in total. The molecule has 2 N–H and O–H groups in total. The lowest BCUT2D eigenvalue weighted by atomic mass is 9.88. The molecule has 0 unspecified atom stereocenters. The predicted octanol–water partition coefficient (Wildman–Crippen LogP) is 2.90. The van der Waals surface area contributed by atoms with Crippen molar-refractivity contribution in [1.82, 2.24) is 15.5 Å². The summed E-state index contributed by atoms with van der Waals surface area (Å²) in [4.78, 5) is 39.9. The molecule has 1 aliphatic rings. The van der Waals surface area contributed by atoms with Gasteiger partial charge in [0.05, 0.1) is 0 Å². The first-order valence-corrected chi connectivity index (χ1v) is 10.8. The molecule has 1 fully saturated rings. The fraction of sp³-hybridized carbons (Fsp3) is 0.609. The van der Waals surface area contributed by atoms with Crippen LogP contribution in [0.5, 0.6) is 0 Å². The summed E-state index contributed by atoms with van der Waals surface area (Å²) in [6, 6.07) is 6.80. The van der Waals surface area contributed by atoms with Crippen LogP contribution in [0.4, 0.5) is 0 Å². The predicted molar refractivity (Wildman–Crippen MR) is 114 cm³/mol. The molecule has 1 aliphatic heterocycles. The third-order valence-electron chi connectivity index (χ3n) is 5.45. The smallest absolute Gasteiger partial charge is 0.252 e. The summed E-state index contributed by atoms with van der Waals surface area (Å²) in [5.74, 6) is 0.164. The number of nitrogens with one attached hydrogen (secondary N) is 2. The second-order valence-corrected chi connectivity index (χ2v) is 8.37. The zero-order valence-electron chi connectivity index (χ0n) is 18.2. The van der Waals surface area contributed by atoms with E-state index in [9.17, 15) is 14.4 Å². The van der Waals surface area contributed by atoms with E-state index in [1.165, 1.54) is 0 Å². The van der Waals surface area contributed by atoms with Crippen molar-refractivity contribution in [3.63, 3.8) is 0 Å². The molecule has 0 radical (unpaired) electrons. The first-order valence-electron chi connectivity index (χ1n) is 10.8. The molecule has 6 heteroatoms. The van der Waals surface area contributed by atoms with E-state index in [2.05, 4.69) is 10.6 Å². The first-order chi connectivity index (χ1) is 13.8. The lowest BCUT2D eigenvalue weighted by Crippen LogP contribution is -2.54. The van der Waals surface area contributed by atoms with Crippen molar-refractivity contribution in [3.8, 4) is 0 Å². The lowest BCUT2D eigenvalue weighted by molar-refractivity contribution is -0.133. The number of carbonyl (C=O) groups is 3. The molecule has 160 valence electrons. The van der Waals surface area contributed by atoms with Crippen LogP contribution in [-0.4, -0.2) is 48.3 Å². The molecule has 0 aliphatic carbocycles. The molecule has 1 saturated heterocycles. The van der Waals surface area contributed by atoms with Crippen molar-refractivity contribution in [2.24, 2.45) is 11.8 Å². The van der Waals surface area contributed by atoms with E-state index in [4.69, 9.17) is 0 Å². The third kappa shape index (κ3) is 6.58. The number of hydrogen-bond donors (Lipinski definition) is 2. The zero-order chi connectivity index (χ0) is 21.4. The maximum atomic E-state index is 12.8. The Labute approximate surface area is 174 Å². The standard InChI is InChI=1S/C23H35N3O3/c1-5-12-24-23(29)21(25-22(28)19-9-7-6-8-17(19)4)18-10-13-26(14-11-18)20(27)15-16(2)3/h6-9,16,18,21H,5,10-15H2,1-4H3,(H,24,29)(H,25,28)/t21-/m1/s1. The average molecular weight is 402 g/mol. The Bertz CT molecular complexity index is 709. The van der Waals surface area contributed by atoms with Gasteiger partial charge in [-0.25, -0.2) is 0 Å². The van der Waals surface area contributed by atoms with Crippen LogP contribution in [0.25, 0.3) is 0 Å². The highest BCUT2D eigenvalue weighted by Crippen LogP contribution is 2.23. The highest BCUT2D eigenvalue weighted by atomic mass is 16.2. The van der Waals surface area contributed by atoms with Crippen molar-refractivity contribution in [3.05, 3.63) is 35.4 Å². The summed E-state index contributed by atoms with van der Waals surface area (Å²) in [7, 11) is 0. The van der Waals surface area contributed by atoms with Gasteiger partial charge in [-0.3, -0.25) is 14.4 Å². The van der Waals surface area contributed by atoms with Crippen LogP contribution in [0.2, 0.25) is 0 Å². The van der Waals surface area contributed by atoms with E-state index < -0.39 is 6.04 Å². The molecular weight excluding hydrogens is 366 g/mol. The molecule has 0 aromatic heterocycles. The monoisotopic (exact) mass is 401 g/mol. The van der Waals surface area contributed by atoms with Gasteiger partial charge < -0.3 is 15.5 Å². The van der Waals surface area contributed by atoms with Gasteiger partial charge in [0.2, 0.25) is 11.8 Å². The maximum absolute atomic E-state index is 12.8. The largest absolute Gasteiger partial charge is 0.354 e. The minimum absolute atomic E-state index is 0.0166. The molecule has 1 atom stereocenters. The second kappa shape index (κ2) is 11.0. The summed E-state index contributed by atoms with van der Waals surface area (Å²) in [6.07, 6.45) is 2.81. The summed E-state index contributed by atoms with van der Waals surface area (Å²) in [5.41, 5.74) is 1.47. The van der Waals surface area contributed by atoms with Gasteiger partial charge in [0.1, 0.15) is 6.04 Å².